The second-order valence-electron chi connectivity index (χ2n) is 10.7. The van der Waals surface area contributed by atoms with Crippen molar-refractivity contribution in [3.05, 3.63) is 93.6 Å². The number of rotatable bonds is 14. The molecule has 3 rings (SSSR count). The first kappa shape index (κ1) is 40.2. The molecule has 1 aliphatic rings. The van der Waals surface area contributed by atoms with E-state index in [1.165, 1.54) is 6.92 Å². The van der Waals surface area contributed by atoms with Gasteiger partial charge in [-0.05, 0) is 98.2 Å². The number of halogens is 1. The average Bonchev–Trinajstić information content (AvgIpc) is 3.06. The lowest BCUT2D eigenvalue weighted by Gasteiger charge is -2.37. The van der Waals surface area contributed by atoms with Crippen molar-refractivity contribution in [2.24, 2.45) is 5.92 Å². The normalized spacial score (nSPS) is 14.8. The number of esters is 5. The number of allylic oxidation sites excluding steroid dienone is 2. The minimum atomic E-state index is -1.61. The van der Waals surface area contributed by atoms with Gasteiger partial charge in [-0.15, -0.1) is 6.58 Å². The van der Waals surface area contributed by atoms with Gasteiger partial charge in [0.1, 0.15) is 6.61 Å². The van der Waals surface area contributed by atoms with Crippen LogP contribution in [0.4, 0.5) is 0 Å². The molecule has 0 saturated carbocycles. The molecule has 0 N–H and O–H groups in total. The molecule has 0 radical (unpaired) electrons. The largest absolute Gasteiger partial charge is 0.465 e. The highest BCUT2D eigenvalue weighted by Crippen LogP contribution is 2.42. The van der Waals surface area contributed by atoms with Crippen molar-refractivity contribution in [1.29, 1.82) is 0 Å². The van der Waals surface area contributed by atoms with Gasteiger partial charge in [-0.3, -0.25) is 24.0 Å². The lowest BCUT2D eigenvalue weighted by atomic mass is 9.66. The highest BCUT2D eigenvalue weighted by Gasteiger charge is 2.54. The van der Waals surface area contributed by atoms with Crippen LogP contribution in [0.1, 0.15) is 64.2 Å². The summed E-state index contributed by atoms with van der Waals surface area (Å²) in [6.07, 6.45) is 6.14. The molecule has 0 aromatic heterocycles. The van der Waals surface area contributed by atoms with Crippen molar-refractivity contribution in [3.8, 4) is 0 Å². The van der Waals surface area contributed by atoms with Crippen LogP contribution in [-0.2, 0) is 64.9 Å². The lowest BCUT2D eigenvalue weighted by molar-refractivity contribution is -0.167. The van der Waals surface area contributed by atoms with Crippen LogP contribution in [-0.4, -0.2) is 62.9 Å². The van der Waals surface area contributed by atoms with Crippen LogP contribution >= 0.6 is 22.6 Å². The SMILES string of the molecule is C=CC1Cc2ccccc2C(C(=O)OCC)(C(=O)OCC)C1.CCOC(=O)C(C/C=C\COC(C)=O)(C(=O)OCC)c1ccccc1I. The maximum atomic E-state index is 12.9. The number of carbonyl (C=O) groups excluding carboxylic acids is 5. The van der Waals surface area contributed by atoms with E-state index < -0.39 is 40.7 Å². The van der Waals surface area contributed by atoms with E-state index in [-0.39, 0.29) is 45.4 Å². The van der Waals surface area contributed by atoms with Crippen molar-refractivity contribution in [3.63, 3.8) is 0 Å². The third-order valence-corrected chi connectivity index (χ3v) is 8.60. The zero-order valence-corrected chi connectivity index (χ0v) is 30.4. The molecule has 1 aliphatic carbocycles. The van der Waals surface area contributed by atoms with Crippen LogP contribution in [0, 0.1) is 9.49 Å². The quantitative estimate of drug-likeness (QED) is 0.0745. The van der Waals surface area contributed by atoms with E-state index >= 15 is 0 Å². The Balaban J connectivity index is 0.000000338. The number of hydrogen-bond donors (Lipinski definition) is 0. The summed E-state index contributed by atoms with van der Waals surface area (Å²) in [5, 5.41) is 0. The molecule has 0 heterocycles. The summed E-state index contributed by atoms with van der Waals surface area (Å²) in [5.41, 5.74) is -0.810. The Morgan fingerprint density at radius 2 is 1.35 bits per heavy atom. The van der Waals surface area contributed by atoms with Crippen LogP contribution < -0.4 is 0 Å². The zero-order valence-electron chi connectivity index (χ0n) is 28.3. The van der Waals surface area contributed by atoms with E-state index in [1.807, 2.05) is 36.4 Å². The van der Waals surface area contributed by atoms with Gasteiger partial charge in [-0.2, -0.15) is 0 Å². The predicted octanol–water partition coefficient (Wildman–Crippen LogP) is 5.96. The summed E-state index contributed by atoms with van der Waals surface area (Å²) in [7, 11) is 0. The average molecular weight is 777 g/mol. The Hall–Kier alpha value is -4.00. The van der Waals surface area contributed by atoms with Crippen molar-refractivity contribution in [2.75, 3.05) is 33.0 Å². The van der Waals surface area contributed by atoms with E-state index in [2.05, 4.69) is 29.2 Å². The molecule has 260 valence electrons. The van der Waals surface area contributed by atoms with E-state index in [4.69, 9.17) is 23.7 Å². The monoisotopic (exact) mass is 776 g/mol. The molecule has 0 aliphatic heterocycles. The van der Waals surface area contributed by atoms with Crippen LogP contribution in [0.5, 0.6) is 0 Å². The van der Waals surface area contributed by atoms with Gasteiger partial charge in [0.15, 0.2) is 10.8 Å². The van der Waals surface area contributed by atoms with Crippen molar-refractivity contribution >= 4 is 52.4 Å². The first-order chi connectivity index (χ1) is 23.0. The molecule has 1 unspecified atom stereocenters. The smallest absolute Gasteiger partial charge is 0.328 e. The Morgan fingerprint density at radius 3 is 1.88 bits per heavy atom. The van der Waals surface area contributed by atoms with Crippen LogP contribution in [0.15, 0.2) is 73.3 Å². The zero-order chi connectivity index (χ0) is 35.7. The maximum absolute atomic E-state index is 12.9. The summed E-state index contributed by atoms with van der Waals surface area (Å²) in [4.78, 5) is 62.0. The van der Waals surface area contributed by atoms with Crippen molar-refractivity contribution < 1.29 is 47.7 Å². The lowest BCUT2D eigenvalue weighted by Crippen LogP contribution is -2.50. The van der Waals surface area contributed by atoms with Gasteiger partial charge in [0.25, 0.3) is 0 Å². The highest BCUT2D eigenvalue weighted by atomic mass is 127. The van der Waals surface area contributed by atoms with E-state index in [0.717, 1.165) is 15.6 Å². The third kappa shape index (κ3) is 9.55. The predicted molar refractivity (Wildman–Crippen MR) is 188 cm³/mol. The van der Waals surface area contributed by atoms with Gasteiger partial charge in [0.2, 0.25) is 0 Å². The van der Waals surface area contributed by atoms with Gasteiger partial charge in [-0.25, -0.2) is 0 Å². The van der Waals surface area contributed by atoms with E-state index in [1.54, 1.807) is 58.1 Å². The molecule has 2 aromatic carbocycles. The maximum Gasteiger partial charge on any atom is 0.328 e. The number of hydrogen-bond acceptors (Lipinski definition) is 10. The molecular weight excluding hydrogens is 731 g/mol. The van der Waals surface area contributed by atoms with Crippen LogP contribution in [0.3, 0.4) is 0 Å². The van der Waals surface area contributed by atoms with Gasteiger partial charge >= 0.3 is 29.8 Å². The van der Waals surface area contributed by atoms with E-state index in [0.29, 0.717) is 17.5 Å². The molecule has 0 saturated heterocycles. The molecule has 10 nitrogen and oxygen atoms in total. The summed E-state index contributed by atoms with van der Waals surface area (Å²) in [5.74, 6) is -2.78. The van der Waals surface area contributed by atoms with Gasteiger partial charge in [-0.1, -0.05) is 60.7 Å². The minimum absolute atomic E-state index is 0.0312. The Labute approximate surface area is 296 Å². The summed E-state index contributed by atoms with van der Waals surface area (Å²) in [6, 6.07) is 14.6. The Morgan fingerprint density at radius 1 is 0.812 bits per heavy atom. The fourth-order valence-electron chi connectivity index (χ4n) is 5.51. The third-order valence-electron chi connectivity index (χ3n) is 7.66. The molecule has 0 amide bonds. The molecule has 11 heteroatoms. The summed E-state index contributed by atoms with van der Waals surface area (Å²) in [6.45, 7) is 12.7. The molecule has 48 heavy (non-hydrogen) atoms. The number of carbonyl (C=O) groups is 5. The topological polar surface area (TPSA) is 132 Å². The fraction of sp³-hybridized carbons (Fsp3) is 0.432. The number of ether oxygens (including phenoxy) is 5. The first-order valence-corrected chi connectivity index (χ1v) is 17.0. The number of fused-ring (bicyclic) bond motifs is 1. The highest BCUT2D eigenvalue weighted by molar-refractivity contribution is 14.1. The molecule has 0 bridgehead atoms. The van der Waals surface area contributed by atoms with Crippen molar-refractivity contribution in [1.82, 2.24) is 0 Å². The standard InChI is InChI=1S/C19H23IO6.C18H22O4/c1-4-24-17(22)19(18(23)25-5-2,12-8-9-13-26-14(3)21)15-10-6-7-11-16(15)20;1-4-13-11-14-9-7-8-10-15(14)18(12-13,16(19)21-5-2)17(20)22-6-3/h6-11H,4-5,12-13H2,1-3H3;4,7-10,13H,1,5-6,11-12H2,2-3H3/b9-8-;. The minimum Gasteiger partial charge on any atom is -0.465 e. The molecular formula is C37H45IO10. The van der Waals surface area contributed by atoms with E-state index in [9.17, 15) is 24.0 Å². The fourth-order valence-corrected chi connectivity index (χ4v) is 6.35. The number of benzene rings is 2. The molecule has 1 atom stereocenters. The van der Waals surface area contributed by atoms with Gasteiger partial charge in [0, 0.05) is 10.5 Å². The molecule has 0 fully saturated rings. The first-order valence-electron chi connectivity index (χ1n) is 15.9. The summed E-state index contributed by atoms with van der Waals surface area (Å²) < 4.78 is 26.5. The van der Waals surface area contributed by atoms with Gasteiger partial charge in [0.05, 0.1) is 26.4 Å². The summed E-state index contributed by atoms with van der Waals surface area (Å²) >= 11 is 2.08. The van der Waals surface area contributed by atoms with Crippen LogP contribution in [0.2, 0.25) is 0 Å². The van der Waals surface area contributed by atoms with Crippen molar-refractivity contribution in [2.45, 2.75) is 64.7 Å². The molecule has 2 aromatic rings. The molecule has 0 spiro atoms. The van der Waals surface area contributed by atoms with Gasteiger partial charge < -0.3 is 23.7 Å². The van der Waals surface area contributed by atoms with Crippen LogP contribution in [0.25, 0.3) is 0 Å². The second-order valence-corrected chi connectivity index (χ2v) is 11.9. The Bertz CT molecular complexity index is 1430. The Kier molecular flexibility index (Phi) is 16.5. The second kappa shape index (κ2) is 19.7.